The van der Waals surface area contributed by atoms with Crippen LogP contribution in [0.3, 0.4) is 0 Å². The molecule has 0 spiro atoms. The fourth-order valence-corrected chi connectivity index (χ4v) is 1.55. The van der Waals surface area contributed by atoms with Crippen LogP contribution in [-0.4, -0.2) is 34.7 Å². The van der Waals surface area contributed by atoms with Crippen molar-refractivity contribution >= 4 is 11.6 Å². The highest BCUT2D eigenvalue weighted by molar-refractivity contribution is 6.28. The van der Waals surface area contributed by atoms with Gasteiger partial charge < -0.3 is 4.74 Å². The van der Waals surface area contributed by atoms with Crippen LogP contribution in [0.1, 0.15) is 5.69 Å². The van der Waals surface area contributed by atoms with Crippen molar-refractivity contribution in [2.24, 2.45) is 0 Å². The fraction of sp³-hybridized carbons (Fsp3) is 0.0909. The highest BCUT2D eigenvalue weighted by Crippen LogP contribution is 2.18. The number of aromatic nitrogens is 7. The number of hydrogen-bond acceptors (Lipinski definition) is 7. The summed E-state index contributed by atoms with van der Waals surface area (Å²) in [5.41, 5.74) is 0.884. The van der Waals surface area contributed by atoms with Crippen molar-refractivity contribution in [3.8, 4) is 17.7 Å². The van der Waals surface area contributed by atoms with E-state index in [2.05, 4.69) is 30.0 Å². The summed E-state index contributed by atoms with van der Waals surface area (Å²) in [5, 5.41) is 3.91. The van der Waals surface area contributed by atoms with Crippen molar-refractivity contribution in [3.63, 3.8) is 0 Å². The summed E-state index contributed by atoms with van der Waals surface area (Å²) >= 11 is 5.84. The second-order valence-electron chi connectivity index (χ2n) is 3.76. The SMILES string of the molecule is Cc1ccc(Oc2nc(Cl)nc(-n3cncn3)n2)cn1. The zero-order valence-corrected chi connectivity index (χ0v) is 11.1. The summed E-state index contributed by atoms with van der Waals surface area (Å²) in [6.07, 6.45) is 4.38. The molecule has 0 radical (unpaired) electrons. The van der Waals surface area contributed by atoms with Gasteiger partial charge in [0.1, 0.15) is 18.4 Å². The third-order valence-electron chi connectivity index (χ3n) is 2.29. The van der Waals surface area contributed by atoms with Gasteiger partial charge in [0.2, 0.25) is 5.28 Å². The lowest BCUT2D eigenvalue weighted by Crippen LogP contribution is -2.05. The summed E-state index contributed by atoms with van der Waals surface area (Å²) in [7, 11) is 0. The molecule has 100 valence electrons. The first-order valence-corrected chi connectivity index (χ1v) is 5.95. The predicted octanol–water partition coefficient (Wildman–Crippen LogP) is 1.60. The van der Waals surface area contributed by atoms with Gasteiger partial charge in [-0.1, -0.05) is 0 Å². The Morgan fingerprint density at radius 2 is 2.10 bits per heavy atom. The van der Waals surface area contributed by atoms with Crippen LogP contribution in [0.25, 0.3) is 5.95 Å². The molecular weight excluding hydrogens is 282 g/mol. The average Bonchev–Trinajstić information content (AvgIpc) is 2.95. The molecule has 0 aromatic carbocycles. The van der Waals surface area contributed by atoms with Crippen LogP contribution < -0.4 is 4.74 Å². The van der Waals surface area contributed by atoms with Crippen molar-refractivity contribution in [1.82, 2.24) is 34.7 Å². The Labute approximate surface area is 118 Å². The highest BCUT2D eigenvalue weighted by atomic mass is 35.5. The zero-order valence-electron chi connectivity index (χ0n) is 10.3. The average molecular weight is 290 g/mol. The molecule has 8 nitrogen and oxygen atoms in total. The van der Waals surface area contributed by atoms with Gasteiger partial charge in [-0.15, -0.1) is 0 Å². The molecule has 0 amide bonds. The summed E-state index contributed by atoms with van der Waals surface area (Å²) < 4.78 is 6.84. The Bertz CT molecular complexity index is 714. The third-order valence-corrected chi connectivity index (χ3v) is 2.46. The molecule has 20 heavy (non-hydrogen) atoms. The molecule has 0 saturated heterocycles. The van der Waals surface area contributed by atoms with Gasteiger partial charge >= 0.3 is 6.01 Å². The molecule has 3 aromatic heterocycles. The van der Waals surface area contributed by atoms with Crippen LogP contribution >= 0.6 is 11.6 Å². The van der Waals surface area contributed by atoms with Crippen LogP contribution in [0.2, 0.25) is 5.28 Å². The normalized spacial score (nSPS) is 10.5. The highest BCUT2D eigenvalue weighted by Gasteiger charge is 2.09. The van der Waals surface area contributed by atoms with E-state index in [0.29, 0.717) is 5.75 Å². The maximum Gasteiger partial charge on any atom is 0.328 e. The summed E-state index contributed by atoms with van der Waals surface area (Å²) in [6, 6.07) is 3.63. The van der Waals surface area contributed by atoms with E-state index in [4.69, 9.17) is 16.3 Å². The van der Waals surface area contributed by atoms with E-state index in [0.717, 1.165) is 5.69 Å². The second kappa shape index (κ2) is 5.17. The quantitative estimate of drug-likeness (QED) is 0.723. The minimum atomic E-state index is 0.000529. The van der Waals surface area contributed by atoms with Gasteiger partial charge in [-0.2, -0.15) is 24.7 Å². The Hall–Kier alpha value is -2.61. The van der Waals surface area contributed by atoms with E-state index in [-0.39, 0.29) is 17.2 Å². The molecule has 0 unspecified atom stereocenters. The largest absolute Gasteiger partial charge is 0.422 e. The molecule has 0 fully saturated rings. The maximum absolute atomic E-state index is 5.84. The molecule has 3 rings (SSSR count). The molecule has 0 aliphatic carbocycles. The van der Waals surface area contributed by atoms with Crippen LogP contribution in [-0.2, 0) is 0 Å². The molecular formula is C11H8ClN7O. The van der Waals surface area contributed by atoms with Crippen LogP contribution in [0.5, 0.6) is 11.8 Å². The lowest BCUT2D eigenvalue weighted by atomic mass is 10.4. The third kappa shape index (κ3) is 2.69. The predicted molar refractivity (Wildman–Crippen MR) is 68.8 cm³/mol. The van der Waals surface area contributed by atoms with Gasteiger partial charge in [0.25, 0.3) is 5.95 Å². The minimum Gasteiger partial charge on any atom is -0.422 e. The zero-order chi connectivity index (χ0) is 13.9. The number of aryl methyl sites for hydroxylation is 1. The number of hydrogen-bond donors (Lipinski definition) is 0. The first-order chi connectivity index (χ1) is 9.70. The topological polar surface area (TPSA) is 91.5 Å². The fourth-order valence-electron chi connectivity index (χ4n) is 1.40. The van der Waals surface area contributed by atoms with Gasteiger partial charge in [0.05, 0.1) is 6.20 Å². The van der Waals surface area contributed by atoms with E-state index >= 15 is 0 Å². The van der Waals surface area contributed by atoms with Gasteiger partial charge in [0.15, 0.2) is 0 Å². The molecule has 3 heterocycles. The van der Waals surface area contributed by atoms with E-state index in [1.54, 1.807) is 12.3 Å². The van der Waals surface area contributed by atoms with Gasteiger partial charge in [-0.3, -0.25) is 4.98 Å². The monoisotopic (exact) mass is 289 g/mol. The first kappa shape index (κ1) is 12.4. The summed E-state index contributed by atoms with van der Waals surface area (Å²) in [5.74, 6) is 0.722. The number of pyridine rings is 1. The molecule has 0 bridgehead atoms. The number of ether oxygens (including phenoxy) is 1. The van der Waals surface area contributed by atoms with Crippen LogP contribution in [0, 0.1) is 6.92 Å². The summed E-state index contributed by atoms with van der Waals surface area (Å²) in [4.78, 5) is 19.9. The molecule has 9 heteroatoms. The Balaban J connectivity index is 1.92. The lowest BCUT2D eigenvalue weighted by Gasteiger charge is -2.05. The molecule has 0 N–H and O–H groups in total. The minimum absolute atomic E-state index is 0.000529. The van der Waals surface area contributed by atoms with E-state index in [9.17, 15) is 0 Å². The Morgan fingerprint density at radius 1 is 1.20 bits per heavy atom. The van der Waals surface area contributed by atoms with Crippen molar-refractivity contribution in [3.05, 3.63) is 42.0 Å². The molecule has 0 saturated carbocycles. The van der Waals surface area contributed by atoms with Crippen LogP contribution in [0.4, 0.5) is 0 Å². The van der Waals surface area contributed by atoms with Crippen LogP contribution in [0.15, 0.2) is 31.0 Å². The van der Waals surface area contributed by atoms with Gasteiger partial charge in [-0.25, -0.2) is 4.98 Å². The second-order valence-corrected chi connectivity index (χ2v) is 4.10. The van der Waals surface area contributed by atoms with E-state index < -0.39 is 0 Å². The summed E-state index contributed by atoms with van der Waals surface area (Å²) in [6.45, 7) is 1.88. The van der Waals surface area contributed by atoms with Gasteiger partial charge in [-0.05, 0) is 30.7 Å². The lowest BCUT2D eigenvalue weighted by molar-refractivity contribution is 0.435. The Morgan fingerprint density at radius 3 is 2.80 bits per heavy atom. The van der Waals surface area contributed by atoms with Crippen molar-refractivity contribution in [2.75, 3.05) is 0 Å². The molecule has 0 aliphatic heterocycles. The number of rotatable bonds is 3. The molecule has 3 aromatic rings. The molecule has 0 aliphatic rings. The number of nitrogens with zero attached hydrogens (tertiary/aromatic N) is 7. The van der Waals surface area contributed by atoms with Crippen molar-refractivity contribution in [1.29, 1.82) is 0 Å². The smallest absolute Gasteiger partial charge is 0.328 e. The van der Waals surface area contributed by atoms with Crippen molar-refractivity contribution in [2.45, 2.75) is 6.92 Å². The maximum atomic E-state index is 5.84. The first-order valence-electron chi connectivity index (χ1n) is 5.58. The van der Waals surface area contributed by atoms with Gasteiger partial charge in [0, 0.05) is 5.69 Å². The van der Waals surface area contributed by atoms with E-state index in [1.165, 1.54) is 17.3 Å². The standard InChI is InChI=1S/C11H8ClN7O/c1-7-2-3-8(4-14-7)20-11-17-9(12)16-10(18-11)19-6-13-5-15-19/h2-6H,1H3. The van der Waals surface area contributed by atoms with E-state index in [1.807, 2.05) is 13.0 Å². The number of halogens is 1. The Kier molecular flexibility index (Phi) is 3.21. The van der Waals surface area contributed by atoms with Crippen molar-refractivity contribution < 1.29 is 4.74 Å². The molecule has 0 atom stereocenters.